The molecule has 0 spiro atoms. The van der Waals surface area contributed by atoms with Crippen LogP contribution in [-0.4, -0.2) is 11.6 Å². The molecule has 2 aromatic rings. The molecule has 0 aliphatic rings. The summed E-state index contributed by atoms with van der Waals surface area (Å²) in [5.41, 5.74) is 6.39. The molecule has 1 unspecified atom stereocenters. The largest absolute Gasteiger partial charge is 0.370 e. The Balaban J connectivity index is 2.08. The fraction of sp³-hybridized carbons (Fsp3) is 0.278. The van der Waals surface area contributed by atoms with E-state index in [1.54, 1.807) is 6.92 Å². The Morgan fingerprint density at radius 2 is 1.38 bits per heavy atom. The van der Waals surface area contributed by atoms with Crippen molar-refractivity contribution < 1.29 is 18.4 Å². The first-order chi connectivity index (χ1) is 11.5. The highest BCUT2D eigenvalue weighted by molar-refractivity contribution is 7.54. The molecule has 24 heavy (non-hydrogen) atoms. The molecule has 2 N–H and O–H groups in total. The summed E-state index contributed by atoms with van der Waals surface area (Å²) < 4.78 is 24.4. The molecule has 0 aromatic heterocycles. The Morgan fingerprint density at radius 1 is 0.958 bits per heavy atom. The highest BCUT2D eigenvalue weighted by Gasteiger charge is 2.34. The van der Waals surface area contributed by atoms with E-state index in [2.05, 4.69) is 0 Å². The number of amides is 1. The molecular weight excluding hydrogens is 325 g/mol. The standard InChI is InChI=1S/C18H22NO4P/c1-15(12-18(19)20)24(21,22-13-16-8-4-2-5-9-16)23-14-17-10-6-3-7-11-17/h2-11,15H,12-14H2,1H3,(H2,19,20). The maximum absolute atomic E-state index is 13.1. The molecule has 1 atom stereocenters. The van der Waals surface area contributed by atoms with Crippen LogP contribution in [0.25, 0.3) is 0 Å². The smallest absolute Gasteiger partial charge is 0.334 e. The van der Waals surface area contributed by atoms with Crippen LogP contribution in [0, 0.1) is 0 Å². The van der Waals surface area contributed by atoms with Crippen molar-refractivity contribution in [2.75, 3.05) is 0 Å². The number of nitrogens with two attached hydrogens (primary N) is 1. The minimum atomic E-state index is -3.50. The van der Waals surface area contributed by atoms with Crippen LogP contribution in [0.5, 0.6) is 0 Å². The van der Waals surface area contributed by atoms with Gasteiger partial charge >= 0.3 is 7.60 Å². The third kappa shape index (κ3) is 5.60. The third-order valence-electron chi connectivity index (χ3n) is 3.54. The number of primary amides is 1. The first kappa shape index (κ1) is 18.4. The van der Waals surface area contributed by atoms with Gasteiger partial charge in [-0.3, -0.25) is 9.36 Å². The molecule has 2 rings (SSSR count). The van der Waals surface area contributed by atoms with Gasteiger partial charge < -0.3 is 14.8 Å². The van der Waals surface area contributed by atoms with Gasteiger partial charge in [-0.25, -0.2) is 0 Å². The van der Waals surface area contributed by atoms with Crippen molar-refractivity contribution in [2.45, 2.75) is 32.2 Å². The van der Waals surface area contributed by atoms with Crippen LogP contribution in [0.3, 0.4) is 0 Å². The molecule has 6 heteroatoms. The van der Waals surface area contributed by atoms with Gasteiger partial charge in [0.25, 0.3) is 0 Å². The van der Waals surface area contributed by atoms with E-state index >= 15 is 0 Å². The number of benzene rings is 2. The van der Waals surface area contributed by atoms with E-state index in [0.29, 0.717) is 0 Å². The third-order valence-corrected chi connectivity index (χ3v) is 5.78. The molecule has 0 bridgehead atoms. The lowest BCUT2D eigenvalue weighted by atomic mass is 10.2. The summed E-state index contributed by atoms with van der Waals surface area (Å²) in [4.78, 5) is 11.2. The molecular formula is C18H22NO4P. The summed E-state index contributed by atoms with van der Waals surface area (Å²) in [5.74, 6) is -0.533. The first-order valence-electron chi connectivity index (χ1n) is 7.74. The highest BCUT2D eigenvalue weighted by Crippen LogP contribution is 2.55. The van der Waals surface area contributed by atoms with E-state index in [1.807, 2.05) is 60.7 Å². The van der Waals surface area contributed by atoms with Crippen molar-refractivity contribution in [3.8, 4) is 0 Å². The average molecular weight is 347 g/mol. The fourth-order valence-corrected chi connectivity index (χ4v) is 3.82. The van der Waals surface area contributed by atoms with Crippen LogP contribution < -0.4 is 5.73 Å². The maximum Gasteiger partial charge on any atom is 0.334 e. The SMILES string of the molecule is CC(CC(N)=O)P(=O)(OCc1ccccc1)OCc1ccccc1. The zero-order chi connectivity index (χ0) is 17.4. The van der Waals surface area contributed by atoms with Crippen molar-refractivity contribution in [3.05, 3.63) is 71.8 Å². The van der Waals surface area contributed by atoms with Crippen LogP contribution in [-0.2, 0) is 31.6 Å². The Labute approximate surface area is 142 Å². The minimum Gasteiger partial charge on any atom is -0.370 e. The summed E-state index contributed by atoms with van der Waals surface area (Å²) in [5, 5.41) is 0. The predicted octanol–water partition coefficient (Wildman–Crippen LogP) is 3.88. The van der Waals surface area contributed by atoms with Gasteiger partial charge in [0.05, 0.1) is 18.9 Å². The van der Waals surface area contributed by atoms with E-state index in [1.165, 1.54) is 0 Å². The van der Waals surface area contributed by atoms with Crippen molar-refractivity contribution in [2.24, 2.45) is 5.73 Å². The lowest BCUT2D eigenvalue weighted by Crippen LogP contribution is -2.20. The van der Waals surface area contributed by atoms with Crippen molar-refractivity contribution in [1.29, 1.82) is 0 Å². The molecule has 128 valence electrons. The van der Waals surface area contributed by atoms with Crippen LogP contribution >= 0.6 is 7.60 Å². The monoisotopic (exact) mass is 347 g/mol. The maximum atomic E-state index is 13.1. The summed E-state index contributed by atoms with van der Waals surface area (Å²) >= 11 is 0. The lowest BCUT2D eigenvalue weighted by molar-refractivity contribution is -0.118. The molecule has 0 aliphatic heterocycles. The summed E-state index contributed by atoms with van der Waals surface area (Å²) in [6.07, 6.45) is -0.0547. The Bertz CT molecular complexity index is 643. The Hall–Kier alpha value is -1.94. The number of carbonyl (C=O) groups excluding carboxylic acids is 1. The molecule has 0 radical (unpaired) electrons. The van der Waals surface area contributed by atoms with Crippen LogP contribution in [0.1, 0.15) is 24.5 Å². The average Bonchev–Trinajstić information content (AvgIpc) is 2.59. The zero-order valence-corrected chi connectivity index (χ0v) is 14.5. The molecule has 0 saturated carbocycles. The first-order valence-corrected chi connectivity index (χ1v) is 9.36. The van der Waals surface area contributed by atoms with E-state index in [4.69, 9.17) is 14.8 Å². The minimum absolute atomic E-state index is 0.0547. The quantitative estimate of drug-likeness (QED) is 0.698. The van der Waals surface area contributed by atoms with Gasteiger partial charge in [0, 0.05) is 6.42 Å². The summed E-state index contributed by atoms with van der Waals surface area (Å²) in [6.45, 7) is 1.95. The van der Waals surface area contributed by atoms with Crippen LogP contribution in [0.2, 0.25) is 0 Å². The molecule has 5 nitrogen and oxygen atoms in total. The Kier molecular flexibility index (Phi) is 6.73. The van der Waals surface area contributed by atoms with E-state index in [9.17, 15) is 9.36 Å². The second kappa shape index (κ2) is 8.78. The molecule has 0 heterocycles. The molecule has 0 saturated heterocycles. The van der Waals surface area contributed by atoms with Gasteiger partial charge in [-0.2, -0.15) is 0 Å². The summed E-state index contributed by atoms with van der Waals surface area (Å²) in [6, 6.07) is 18.8. The lowest BCUT2D eigenvalue weighted by Gasteiger charge is -2.23. The zero-order valence-electron chi connectivity index (χ0n) is 13.6. The number of hydrogen-bond donors (Lipinski definition) is 1. The topological polar surface area (TPSA) is 78.6 Å². The number of carbonyl (C=O) groups is 1. The second-order valence-electron chi connectivity index (χ2n) is 5.58. The van der Waals surface area contributed by atoms with Crippen molar-refractivity contribution in [3.63, 3.8) is 0 Å². The van der Waals surface area contributed by atoms with Gasteiger partial charge in [0.2, 0.25) is 5.91 Å². The molecule has 2 aromatic carbocycles. The fourth-order valence-electron chi connectivity index (χ4n) is 2.17. The van der Waals surface area contributed by atoms with Gasteiger partial charge in [0.15, 0.2) is 0 Å². The van der Waals surface area contributed by atoms with Gasteiger partial charge in [-0.15, -0.1) is 0 Å². The van der Waals surface area contributed by atoms with E-state index in [-0.39, 0.29) is 19.6 Å². The Morgan fingerprint density at radius 3 is 1.75 bits per heavy atom. The van der Waals surface area contributed by atoms with E-state index in [0.717, 1.165) is 11.1 Å². The summed E-state index contributed by atoms with van der Waals surface area (Å²) in [7, 11) is -3.50. The van der Waals surface area contributed by atoms with Gasteiger partial charge in [-0.05, 0) is 11.1 Å². The molecule has 0 fully saturated rings. The van der Waals surface area contributed by atoms with E-state index < -0.39 is 19.2 Å². The normalized spacial score (nSPS) is 12.7. The van der Waals surface area contributed by atoms with Crippen molar-refractivity contribution in [1.82, 2.24) is 0 Å². The van der Waals surface area contributed by atoms with Gasteiger partial charge in [-0.1, -0.05) is 67.6 Å². The van der Waals surface area contributed by atoms with Crippen LogP contribution in [0.4, 0.5) is 0 Å². The van der Waals surface area contributed by atoms with Crippen molar-refractivity contribution >= 4 is 13.5 Å². The predicted molar refractivity (Wildman–Crippen MR) is 93.3 cm³/mol. The highest BCUT2D eigenvalue weighted by atomic mass is 31.2. The second-order valence-corrected chi connectivity index (χ2v) is 8.05. The number of rotatable bonds is 9. The molecule has 1 amide bonds. The number of hydrogen-bond acceptors (Lipinski definition) is 4. The van der Waals surface area contributed by atoms with Gasteiger partial charge in [0.1, 0.15) is 0 Å². The van der Waals surface area contributed by atoms with Crippen LogP contribution in [0.15, 0.2) is 60.7 Å². The molecule has 0 aliphatic carbocycles.